The summed E-state index contributed by atoms with van der Waals surface area (Å²) >= 11 is 3.28. The number of aryl methyl sites for hydroxylation is 1. The quantitative estimate of drug-likeness (QED) is 0.573. The Kier molecular flexibility index (Phi) is 6.14. The highest BCUT2D eigenvalue weighted by Gasteiger charge is 2.14. The summed E-state index contributed by atoms with van der Waals surface area (Å²) in [6.45, 7) is 1.91. The zero-order valence-corrected chi connectivity index (χ0v) is 17.1. The van der Waals surface area contributed by atoms with Crippen LogP contribution in [-0.2, 0) is 17.8 Å². The third kappa shape index (κ3) is 4.42. The van der Waals surface area contributed by atoms with Crippen LogP contribution in [0.4, 0.5) is 4.39 Å². The number of nitrogens with one attached hydrogen (secondary N) is 1. The number of halogens is 2. The summed E-state index contributed by atoms with van der Waals surface area (Å²) in [6.07, 6.45) is 0.339. The first-order chi connectivity index (χ1) is 13.4. The van der Waals surface area contributed by atoms with Gasteiger partial charge in [-0.1, -0.05) is 15.9 Å². The molecule has 0 saturated carbocycles. The van der Waals surface area contributed by atoms with E-state index in [4.69, 9.17) is 9.15 Å². The van der Waals surface area contributed by atoms with Crippen molar-refractivity contribution in [1.82, 2.24) is 5.32 Å². The monoisotopic (exact) mass is 447 g/mol. The highest BCUT2D eigenvalue weighted by atomic mass is 79.9. The molecule has 7 heteroatoms. The van der Waals surface area contributed by atoms with Gasteiger partial charge < -0.3 is 14.5 Å². The fraction of sp³-hybridized carbons (Fsp3) is 0.238. The van der Waals surface area contributed by atoms with Gasteiger partial charge in [0.2, 0.25) is 5.91 Å². The van der Waals surface area contributed by atoms with Crippen LogP contribution in [0.15, 0.2) is 50.1 Å². The number of rotatable bonds is 6. The van der Waals surface area contributed by atoms with Crippen LogP contribution in [0.1, 0.15) is 23.1 Å². The van der Waals surface area contributed by atoms with Crippen molar-refractivity contribution in [3.63, 3.8) is 0 Å². The van der Waals surface area contributed by atoms with E-state index in [1.807, 2.05) is 13.0 Å². The molecule has 0 spiro atoms. The number of fused-ring (bicyclic) bond motifs is 1. The second-order valence-corrected chi connectivity index (χ2v) is 7.28. The lowest BCUT2D eigenvalue weighted by Crippen LogP contribution is -2.24. The number of benzene rings is 2. The Labute approximate surface area is 169 Å². The maximum absolute atomic E-state index is 13.7. The van der Waals surface area contributed by atoms with Crippen molar-refractivity contribution in [3.05, 3.63) is 73.8 Å². The van der Waals surface area contributed by atoms with Crippen LogP contribution in [0, 0.1) is 12.7 Å². The van der Waals surface area contributed by atoms with E-state index in [1.54, 1.807) is 31.4 Å². The Balaban J connectivity index is 1.70. The number of amides is 1. The van der Waals surface area contributed by atoms with Gasteiger partial charge in [-0.2, -0.15) is 0 Å². The molecule has 146 valence electrons. The van der Waals surface area contributed by atoms with Crippen molar-refractivity contribution in [2.24, 2.45) is 0 Å². The molecule has 1 aromatic heterocycles. The molecule has 0 atom stereocenters. The van der Waals surface area contributed by atoms with Gasteiger partial charge >= 0.3 is 5.63 Å². The second-order valence-electron chi connectivity index (χ2n) is 6.37. The van der Waals surface area contributed by atoms with Crippen LogP contribution >= 0.6 is 15.9 Å². The Morgan fingerprint density at radius 1 is 1.25 bits per heavy atom. The number of ether oxygens (including phenoxy) is 1. The fourth-order valence-corrected chi connectivity index (χ4v) is 3.40. The van der Waals surface area contributed by atoms with Crippen molar-refractivity contribution >= 4 is 32.8 Å². The topological polar surface area (TPSA) is 68.5 Å². The van der Waals surface area contributed by atoms with Crippen LogP contribution in [0.5, 0.6) is 5.75 Å². The summed E-state index contributed by atoms with van der Waals surface area (Å²) in [5.74, 6) is -0.0556. The average Bonchev–Trinajstić information content (AvgIpc) is 2.68. The van der Waals surface area contributed by atoms with Gasteiger partial charge in [0, 0.05) is 40.0 Å². The van der Waals surface area contributed by atoms with Gasteiger partial charge in [0.25, 0.3) is 0 Å². The lowest BCUT2D eigenvalue weighted by atomic mass is 10.0. The molecule has 0 aliphatic carbocycles. The predicted molar refractivity (Wildman–Crippen MR) is 108 cm³/mol. The van der Waals surface area contributed by atoms with Gasteiger partial charge in [-0.3, -0.25) is 4.79 Å². The molecule has 0 aliphatic heterocycles. The fourth-order valence-electron chi connectivity index (χ4n) is 2.99. The normalized spacial score (nSPS) is 10.9. The van der Waals surface area contributed by atoms with Crippen LogP contribution in [0.25, 0.3) is 11.0 Å². The molecule has 1 amide bonds. The van der Waals surface area contributed by atoms with Gasteiger partial charge in [-0.05, 0) is 49.2 Å². The van der Waals surface area contributed by atoms with Crippen LogP contribution in [0.3, 0.4) is 0 Å². The van der Waals surface area contributed by atoms with E-state index in [1.165, 1.54) is 6.07 Å². The smallest absolute Gasteiger partial charge is 0.339 e. The summed E-state index contributed by atoms with van der Waals surface area (Å²) in [4.78, 5) is 24.5. The van der Waals surface area contributed by atoms with E-state index < -0.39 is 5.63 Å². The van der Waals surface area contributed by atoms with Crippen molar-refractivity contribution in [2.75, 3.05) is 7.11 Å². The molecule has 1 heterocycles. The van der Waals surface area contributed by atoms with Crippen LogP contribution < -0.4 is 15.7 Å². The Hall–Kier alpha value is -2.67. The summed E-state index contributed by atoms with van der Waals surface area (Å²) < 4.78 is 25.0. The molecule has 1 N–H and O–H groups in total. The number of methoxy groups -OCH3 is 1. The zero-order valence-electron chi connectivity index (χ0n) is 15.5. The summed E-state index contributed by atoms with van der Waals surface area (Å²) in [5, 5.41) is 3.48. The minimum atomic E-state index is -0.468. The first kappa shape index (κ1) is 20.1. The Morgan fingerprint density at radius 3 is 2.79 bits per heavy atom. The summed E-state index contributed by atoms with van der Waals surface area (Å²) in [5.41, 5.74) is 1.60. The highest BCUT2D eigenvalue weighted by molar-refractivity contribution is 9.10. The SMILES string of the molecule is COc1ccc2c(C)c(CCC(=O)NCc3cc(Br)ccc3F)c(=O)oc2c1. The number of carbonyl (C=O) groups is 1. The predicted octanol–water partition coefficient (Wildman–Crippen LogP) is 4.26. The standard InChI is InChI=1S/C21H19BrFNO4/c1-12-16-5-4-15(27-2)10-19(16)28-21(26)17(12)6-8-20(25)24-11-13-9-14(22)3-7-18(13)23/h3-5,7,9-10H,6,8,11H2,1-2H3,(H,24,25). The van der Waals surface area contributed by atoms with Gasteiger partial charge in [-0.25, -0.2) is 9.18 Å². The molecule has 0 bridgehead atoms. The minimum Gasteiger partial charge on any atom is -0.497 e. The molecule has 0 aliphatic rings. The average molecular weight is 448 g/mol. The lowest BCUT2D eigenvalue weighted by molar-refractivity contribution is -0.121. The van der Waals surface area contributed by atoms with Crippen molar-refractivity contribution in [3.8, 4) is 5.75 Å². The van der Waals surface area contributed by atoms with Crippen molar-refractivity contribution in [1.29, 1.82) is 0 Å². The van der Waals surface area contributed by atoms with E-state index in [9.17, 15) is 14.0 Å². The third-order valence-electron chi connectivity index (χ3n) is 4.58. The summed E-state index contributed by atoms with van der Waals surface area (Å²) in [7, 11) is 1.54. The summed E-state index contributed by atoms with van der Waals surface area (Å²) in [6, 6.07) is 9.82. The number of carbonyl (C=O) groups excluding carboxylic acids is 1. The van der Waals surface area contributed by atoms with E-state index in [0.717, 1.165) is 15.4 Å². The molecular weight excluding hydrogens is 429 g/mol. The van der Waals surface area contributed by atoms with Gasteiger partial charge in [0.1, 0.15) is 17.1 Å². The number of hydrogen-bond acceptors (Lipinski definition) is 4. The van der Waals surface area contributed by atoms with Crippen LogP contribution in [-0.4, -0.2) is 13.0 Å². The lowest BCUT2D eigenvalue weighted by Gasteiger charge is -2.10. The number of hydrogen-bond donors (Lipinski definition) is 1. The molecule has 0 radical (unpaired) electrons. The second kappa shape index (κ2) is 8.56. The molecule has 5 nitrogen and oxygen atoms in total. The van der Waals surface area contributed by atoms with Gasteiger partial charge in [0.15, 0.2) is 0 Å². The molecule has 28 heavy (non-hydrogen) atoms. The van der Waals surface area contributed by atoms with E-state index >= 15 is 0 Å². The Bertz CT molecular complexity index is 1090. The largest absolute Gasteiger partial charge is 0.497 e. The third-order valence-corrected chi connectivity index (χ3v) is 5.07. The molecule has 0 unspecified atom stereocenters. The van der Waals surface area contributed by atoms with Gasteiger partial charge in [-0.15, -0.1) is 0 Å². The molecular formula is C21H19BrFNO4. The van der Waals surface area contributed by atoms with Crippen LogP contribution in [0.2, 0.25) is 0 Å². The Morgan fingerprint density at radius 2 is 2.04 bits per heavy atom. The zero-order chi connectivity index (χ0) is 20.3. The molecule has 3 rings (SSSR count). The molecule has 2 aromatic carbocycles. The van der Waals surface area contributed by atoms with E-state index in [0.29, 0.717) is 22.5 Å². The molecule has 0 saturated heterocycles. The first-order valence-electron chi connectivity index (χ1n) is 8.70. The minimum absolute atomic E-state index is 0.0786. The van der Waals surface area contributed by atoms with Crippen molar-refractivity contribution in [2.45, 2.75) is 26.3 Å². The molecule has 3 aromatic rings. The first-order valence-corrected chi connectivity index (χ1v) is 9.49. The maximum Gasteiger partial charge on any atom is 0.339 e. The van der Waals surface area contributed by atoms with E-state index in [2.05, 4.69) is 21.2 Å². The highest BCUT2D eigenvalue weighted by Crippen LogP contribution is 2.24. The van der Waals surface area contributed by atoms with Crippen molar-refractivity contribution < 1.29 is 18.3 Å². The maximum atomic E-state index is 13.7. The molecule has 0 fully saturated rings. The van der Waals surface area contributed by atoms with E-state index in [-0.39, 0.29) is 31.1 Å². The van der Waals surface area contributed by atoms with Gasteiger partial charge in [0.05, 0.1) is 7.11 Å².